The summed E-state index contributed by atoms with van der Waals surface area (Å²) in [5.74, 6) is 0.698. The molecular formula is C29H39N3O3. The molecule has 2 atom stereocenters. The maximum Gasteiger partial charge on any atom is 0.257 e. The van der Waals surface area contributed by atoms with Gasteiger partial charge >= 0.3 is 0 Å². The zero-order valence-electron chi connectivity index (χ0n) is 21.4. The van der Waals surface area contributed by atoms with Crippen LogP contribution in [0.4, 0.5) is 5.69 Å². The third-order valence-corrected chi connectivity index (χ3v) is 7.32. The number of amides is 2. The molecule has 188 valence electrons. The minimum atomic E-state index is -0.132. The second-order valence-corrected chi connectivity index (χ2v) is 10.1. The Morgan fingerprint density at radius 1 is 0.914 bits per heavy atom. The molecule has 0 unspecified atom stereocenters. The predicted molar refractivity (Wildman–Crippen MR) is 140 cm³/mol. The molecule has 2 aliphatic rings. The number of carbonyl (C=O) groups excluding carboxylic acids is 2. The quantitative estimate of drug-likeness (QED) is 0.594. The fraction of sp³-hybridized carbons (Fsp3) is 0.517. The number of ether oxygens (including phenoxy) is 1. The third kappa shape index (κ3) is 5.98. The molecule has 0 spiro atoms. The highest BCUT2D eigenvalue weighted by atomic mass is 16.5. The Labute approximate surface area is 209 Å². The number of carbonyl (C=O) groups is 2. The van der Waals surface area contributed by atoms with Crippen LogP contribution in [0.25, 0.3) is 0 Å². The molecular weight excluding hydrogens is 438 g/mol. The highest BCUT2D eigenvalue weighted by molar-refractivity contribution is 5.97. The zero-order chi connectivity index (χ0) is 24.8. The van der Waals surface area contributed by atoms with E-state index in [-0.39, 0.29) is 24.0 Å². The van der Waals surface area contributed by atoms with E-state index in [1.165, 1.54) is 0 Å². The second-order valence-electron chi connectivity index (χ2n) is 10.1. The number of hydrogen-bond donors (Lipinski definition) is 0. The average Bonchev–Trinajstić information content (AvgIpc) is 2.88. The number of nitrogens with zero attached hydrogens (tertiary/aromatic N) is 3. The molecule has 35 heavy (non-hydrogen) atoms. The van der Waals surface area contributed by atoms with Crippen molar-refractivity contribution in [3.8, 4) is 5.75 Å². The monoisotopic (exact) mass is 477 g/mol. The molecule has 6 nitrogen and oxygen atoms in total. The molecule has 6 heteroatoms. The molecule has 0 bridgehead atoms. The van der Waals surface area contributed by atoms with E-state index in [1.807, 2.05) is 74.6 Å². The molecule has 4 rings (SSSR count). The van der Waals surface area contributed by atoms with Crippen LogP contribution in [-0.4, -0.2) is 68.0 Å². The number of benzene rings is 2. The molecule has 2 aromatic rings. The first kappa shape index (κ1) is 25.1. The van der Waals surface area contributed by atoms with Crippen molar-refractivity contribution in [2.45, 2.75) is 63.5 Å². The van der Waals surface area contributed by atoms with Crippen LogP contribution in [0, 0.1) is 0 Å². The fourth-order valence-corrected chi connectivity index (χ4v) is 5.27. The van der Waals surface area contributed by atoms with Crippen LogP contribution in [-0.2, 0) is 0 Å². The second kappa shape index (κ2) is 11.6. The van der Waals surface area contributed by atoms with Crippen LogP contribution in [0.1, 0.15) is 72.1 Å². The van der Waals surface area contributed by atoms with Crippen molar-refractivity contribution in [3.05, 3.63) is 59.7 Å². The average molecular weight is 478 g/mol. The van der Waals surface area contributed by atoms with Gasteiger partial charge in [-0.2, -0.15) is 0 Å². The van der Waals surface area contributed by atoms with Gasteiger partial charge in [0.15, 0.2) is 0 Å². The van der Waals surface area contributed by atoms with Crippen LogP contribution in [0.5, 0.6) is 5.75 Å². The van der Waals surface area contributed by atoms with E-state index in [0.717, 1.165) is 75.7 Å². The van der Waals surface area contributed by atoms with E-state index in [4.69, 9.17) is 4.74 Å². The summed E-state index contributed by atoms with van der Waals surface area (Å²) >= 11 is 0. The Hall–Kier alpha value is -3.02. The van der Waals surface area contributed by atoms with E-state index in [2.05, 4.69) is 4.90 Å². The van der Waals surface area contributed by atoms with Crippen molar-refractivity contribution >= 4 is 17.5 Å². The van der Waals surface area contributed by atoms with E-state index in [9.17, 15) is 9.59 Å². The molecule has 0 saturated heterocycles. The lowest BCUT2D eigenvalue weighted by molar-refractivity contribution is 0.0268. The lowest BCUT2D eigenvalue weighted by atomic mass is 9.90. The van der Waals surface area contributed by atoms with Gasteiger partial charge in [0.05, 0.1) is 11.6 Å². The minimum absolute atomic E-state index is 0.00143. The molecule has 1 aliphatic carbocycles. The van der Waals surface area contributed by atoms with Gasteiger partial charge < -0.3 is 19.4 Å². The SMILES string of the molecule is CN1CCCCCCN(C(=O)c2cccc(N(C)C)c2)[C@@H]2CCCC[C@@H]2Oc2ccccc2C1=O. The topological polar surface area (TPSA) is 53.1 Å². The first-order chi connectivity index (χ1) is 17.0. The van der Waals surface area contributed by atoms with Crippen LogP contribution in [0.3, 0.4) is 0 Å². The number of anilines is 1. The smallest absolute Gasteiger partial charge is 0.257 e. The molecule has 1 fully saturated rings. The van der Waals surface area contributed by atoms with Gasteiger partial charge in [-0.05, 0) is 62.4 Å². The first-order valence-electron chi connectivity index (χ1n) is 13.0. The van der Waals surface area contributed by atoms with Crippen LogP contribution < -0.4 is 9.64 Å². The molecule has 1 heterocycles. The van der Waals surface area contributed by atoms with Crippen molar-refractivity contribution in [1.82, 2.24) is 9.80 Å². The van der Waals surface area contributed by atoms with Crippen molar-refractivity contribution in [2.75, 3.05) is 39.1 Å². The Balaban J connectivity index is 1.68. The van der Waals surface area contributed by atoms with Crippen LogP contribution in [0.2, 0.25) is 0 Å². The van der Waals surface area contributed by atoms with Crippen molar-refractivity contribution in [1.29, 1.82) is 0 Å². The minimum Gasteiger partial charge on any atom is -0.487 e. The third-order valence-electron chi connectivity index (χ3n) is 7.32. The van der Waals surface area contributed by atoms with E-state index in [1.54, 1.807) is 4.90 Å². The highest BCUT2D eigenvalue weighted by Gasteiger charge is 2.35. The molecule has 2 aromatic carbocycles. The van der Waals surface area contributed by atoms with E-state index < -0.39 is 0 Å². The number of fused-ring (bicyclic) bond motifs is 2. The number of rotatable bonds is 2. The van der Waals surface area contributed by atoms with Gasteiger partial charge in [-0.15, -0.1) is 0 Å². The maximum absolute atomic E-state index is 13.9. The van der Waals surface area contributed by atoms with Crippen molar-refractivity contribution < 1.29 is 14.3 Å². The fourth-order valence-electron chi connectivity index (χ4n) is 5.27. The molecule has 1 saturated carbocycles. The zero-order valence-corrected chi connectivity index (χ0v) is 21.4. The Bertz CT molecular complexity index is 1020. The van der Waals surface area contributed by atoms with Crippen molar-refractivity contribution in [2.24, 2.45) is 0 Å². The predicted octanol–water partition coefficient (Wildman–Crippen LogP) is 5.23. The van der Waals surface area contributed by atoms with Crippen LogP contribution >= 0.6 is 0 Å². The number of para-hydroxylation sites is 1. The van der Waals surface area contributed by atoms with Gasteiger partial charge in [0.25, 0.3) is 11.8 Å². The molecule has 2 amide bonds. The normalized spacial score (nSPS) is 21.9. The van der Waals surface area contributed by atoms with E-state index >= 15 is 0 Å². The maximum atomic E-state index is 13.9. The van der Waals surface area contributed by atoms with Gasteiger partial charge in [0, 0.05) is 45.5 Å². The van der Waals surface area contributed by atoms with Crippen molar-refractivity contribution in [3.63, 3.8) is 0 Å². The lowest BCUT2D eigenvalue weighted by Gasteiger charge is -2.40. The van der Waals surface area contributed by atoms with Gasteiger partial charge in [-0.1, -0.05) is 37.5 Å². The summed E-state index contributed by atoms with van der Waals surface area (Å²) in [5, 5.41) is 0. The van der Waals surface area contributed by atoms with Gasteiger partial charge in [0.1, 0.15) is 11.9 Å². The summed E-state index contributed by atoms with van der Waals surface area (Å²) in [5.41, 5.74) is 2.35. The first-order valence-corrected chi connectivity index (χ1v) is 13.0. The summed E-state index contributed by atoms with van der Waals surface area (Å²) in [6.45, 7) is 1.45. The summed E-state index contributed by atoms with van der Waals surface area (Å²) in [7, 11) is 5.86. The van der Waals surface area contributed by atoms with Gasteiger partial charge in [0.2, 0.25) is 0 Å². The summed E-state index contributed by atoms with van der Waals surface area (Å²) in [6, 6.07) is 15.4. The van der Waals surface area contributed by atoms with Crippen LogP contribution in [0.15, 0.2) is 48.5 Å². The highest BCUT2D eigenvalue weighted by Crippen LogP contribution is 2.31. The molecule has 0 radical (unpaired) electrons. The summed E-state index contributed by atoms with van der Waals surface area (Å²) in [4.78, 5) is 33.0. The largest absolute Gasteiger partial charge is 0.487 e. The summed E-state index contributed by atoms with van der Waals surface area (Å²) in [6.07, 6.45) is 7.80. The van der Waals surface area contributed by atoms with E-state index in [0.29, 0.717) is 11.3 Å². The standard InChI is InChI=1S/C29H39N3O3/c1-30(2)23-14-12-13-22(21-23)28(33)32-20-11-5-4-10-19-31(3)29(34)24-15-6-8-17-26(24)35-27-18-9-7-16-25(27)32/h6,8,12-15,17,21,25,27H,4-5,7,9-11,16,18-20H2,1-3H3/t25-,27+/m1/s1. The lowest BCUT2D eigenvalue weighted by Crippen LogP contribution is -2.51. The van der Waals surface area contributed by atoms with Gasteiger partial charge in [-0.25, -0.2) is 0 Å². The summed E-state index contributed by atoms with van der Waals surface area (Å²) < 4.78 is 6.59. The molecule has 0 N–H and O–H groups in total. The Morgan fingerprint density at radius 3 is 2.46 bits per heavy atom. The molecule has 0 aromatic heterocycles. The molecule has 1 aliphatic heterocycles. The number of hydrogen-bond acceptors (Lipinski definition) is 4. The Morgan fingerprint density at radius 2 is 1.66 bits per heavy atom. The Kier molecular flexibility index (Phi) is 8.32. The van der Waals surface area contributed by atoms with Gasteiger partial charge in [-0.3, -0.25) is 9.59 Å².